The van der Waals surface area contributed by atoms with Crippen LogP contribution in [0, 0.1) is 6.92 Å². The van der Waals surface area contributed by atoms with E-state index in [9.17, 15) is 14.4 Å². The summed E-state index contributed by atoms with van der Waals surface area (Å²) in [6.07, 6.45) is 0.0565. The zero-order chi connectivity index (χ0) is 21.8. The number of esters is 1. The summed E-state index contributed by atoms with van der Waals surface area (Å²) >= 11 is 7.37. The van der Waals surface area contributed by atoms with Gasteiger partial charge in [-0.3, -0.25) is 14.5 Å². The van der Waals surface area contributed by atoms with Crippen LogP contribution in [0.2, 0.25) is 5.02 Å². The highest BCUT2D eigenvalue weighted by Gasteiger charge is 2.34. The number of carbonyl (C=O) groups is 3. The Morgan fingerprint density at radius 1 is 1.23 bits per heavy atom. The molecule has 1 heterocycles. The molecule has 1 unspecified atom stereocenters. The lowest BCUT2D eigenvalue weighted by Crippen LogP contribution is -2.43. The number of benzene rings is 2. The monoisotopic (exact) mass is 445 g/mol. The van der Waals surface area contributed by atoms with Crippen molar-refractivity contribution in [1.29, 1.82) is 0 Å². The number of methoxy groups -OCH3 is 1. The molecule has 2 amide bonds. The summed E-state index contributed by atoms with van der Waals surface area (Å²) in [5, 5.41) is 3.15. The van der Waals surface area contributed by atoms with Crippen molar-refractivity contribution in [3.05, 3.63) is 58.6 Å². The van der Waals surface area contributed by atoms with Gasteiger partial charge in [-0.2, -0.15) is 0 Å². The van der Waals surface area contributed by atoms with Gasteiger partial charge in [0, 0.05) is 24.2 Å². The highest BCUT2D eigenvalue weighted by molar-refractivity contribution is 8.15. The Labute approximate surface area is 183 Å². The molecule has 9 heteroatoms. The van der Waals surface area contributed by atoms with Crippen molar-refractivity contribution < 1.29 is 19.1 Å². The van der Waals surface area contributed by atoms with Crippen molar-refractivity contribution >= 4 is 57.7 Å². The predicted molar refractivity (Wildman–Crippen MR) is 118 cm³/mol. The first kappa shape index (κ1) is 21.9. The van der Waals surface area contributed by atoms with Crippen molar-refractivity contribution in [3.8, 4) is 0 Å². The van der Waals surface area contributed by atoms with Crippen LogP contribution in [0.5, 0.6) is 0 Å². The molecule has 7 nitrogen and oxygen atoms in total. The van der Waals surface area contributed by atoms with Crippen LogP contribution in [0.3, 0.4) is 0 Å². The first-order valence-corrected chi connectivity index (χ1v) is 10.3. The fourth-order valence-corrected chi connectivity index (χ4v) is 3.93. The number of aliphatic imine (C=N–C) groups is 1. The Kier molecular flexibility index (Phi) is 6.79. The molecule has 0 aromatic heterocycles. The lowest BCUT2D eigenvalue weighted by atomic mass is 10.2. The number of hydrogen-bond donors (Lipinski definition) is 1. The van der Waals surface area contributed by atoms with Gasteiger partial charge in [0.15, 0.2) is 5.17 Å². The minimum Gasteiger partial charge on any atom is -0.465 e. The summed E-state index contributed by atoms with van der Waals surface area (Å²) in [6, 6.07) is 11.7. The molecule has 1 aliphatic rings. The topological polar surface area (TPSA) is 88.1 Å². The lowest BCUT2D eigenvalue weighted by molar-refractivity contribution is -0.128. The number of thioether (sulfide) groups is 1. The van der Waals surface area contributed by atoms with E-state index in [0.717, 1.165) is 5.56 Å². The molecule has 0 aliphatic carbocycles. The molecule has 0 radical (unpaired) electrons. The second-order valence-electron chi connectivity index (χ2n) is 6.65. The largest absolute Gasteiger partial charge is 0.465 e. The van der Waals surface area contributed by atoms with Crippen molar-refractivity contribution in [2.45, 2.75) is 18.6 Å². The van der Waals surface area contributed by atoms with Gasteiger partial charge < -0.3 is 10.1 Å². The van der Waals surface area contributed by atoms with Gasteiger partial charge >= 0.3 is 5.97 Å². The first-order chi connectivity index (χ1) is 14.3. The average molecular weight is 446 g/mol. The number of carbonyl (C=O) groups excluding carboxylic acids is 3. The number of nitrogens with zero attached hydrogens (tertiary/aromatic N) is 2. The summed E-state index contributed by atoms with van der Waals surface area (Å²) in [7, 11) is 2.93. The number of halogens is 1. The van der Waals surface area contributed by atoms with Crippen LogP contribution in [-0.4, -0.2) is 47.3 Å². The van der Waals surface area contributed by atoms with Crippen molar-refractivity contribution in [2.24, 2.45) is 4.99 Å². The summed E-state index contributed by atoms with van der Waals surface area (Å²) in [5.41, 5.74) is 2.43. The van der Waals surface area contributed by atoms with Gasteiger partial charge in [0.2, 0.25) is 11.8 Å². The maximum absolute atomic E-state index is 12.7. The molecule has 1 aliphatic heterocycles. The molecule has 3 rings (SSSR count). The van der Waals surface area contributed by atoms with E-state index < -0.39 is 11.2 Å². The van der Waals surface area contributed by atoms with E-state index in [2.05, 4.69) is 15.0 Å². The molecule has 2 aromatic rings. The normalized spacial score (nSPS) is 17.7. The van der Waals surface area contributed by atoms with Gasteiger partial charge in [0.25, 0.3) is 0 Å². The van der Waals surface area contributed by atoms with Crippen LogP contribution in [0.25, 0.3) is 0 Å². The minimum atomic E-state index is -0.631. The molecule has 2 aromatic carbocycles. The number of ether oxygens (including phenoxy) is 1. The van der Waals surface area contributed by atoms with Crippen LogP contribution in [0.15, 0.2) is 47.5 Å². The molecule has 0 bridgehead atoms. The van der Waals surface area contributed by atoms with Crippen LogP contribution < -0.4 is 5.32 Å². The fraction of sp³-hybridized carbons (Fsp3) is 0.238. The second-order valence-corrected chi connectivity index (χ2v) is 8.23. The van der Waals surface area contributed by atoms with Crippen LogP contribution in [0.4, 0.5) is 11.4 Å². The highest BCUT2D eigenvalue weighted by atomic mass is 35.5. The maximum atomic E-state index is 12.7. The molecular weight excluding hydrogens is 426 g/mol. The van der Waals surface area contributed by atoms with Crippen molar-refractivity contribution in [3.63, 3.8) is 0 Å². The third-order valence-electron chi connectivity index (χ3n) is 4.51. The van der Waals surface area contributed by atoms with Crippen molar-refractivity contribution in [2.75, 3.05) is 19.5 Å². The van der Waals surface area contributed by atoms with Gasteiger partial charge in [-0.25, -0.2) is 9.79 Å². The van der Waals surface area contributed by atoms with E-state index in [0.29, 0.717) is 27.1 Å². The SMILES string of the molecule is COC(=O)c1ccc(NC(=O)C2CC(=O)N(C)C(=Nc3ccc(C)c(Cl)c3)S2)cc1. The van der Waals surface area contributed by atoms with Gasteiger partial charge in [0.1, 0.15) is 5.25 Å². The molecule has 156 valence electrons. The third-order valence-corrected chi connectivity index (χ3v) is 6.16. The molecule has 0 saturated carbocycles. The van der Waals surface area contributed by atoms with E-state index in [4.69, 9.17) is 11.6 Å². The number of anilines is 1. The first-order valence-electron chi connectivity index (χ1n) is 9.06. The van der Waals surface area contributed by atoms with E-state index in [1.54, 1.807) is 43.4 Å². The maximum Gasteiger partial charge on any atom is 0.337 e. The molecular formula is C21H20ClN3O4S. The fourth-order valence-electron chi connectivity index (χ4n) is 2.69. The Morgan fingerprint density at radius 3 is 2.57 bits per heavy atom. The number of aryl methyl sites for hydroxylation is 1. The number of rotatable bonds is 4. The number of hydrogen-bond acceptors (Lipinski definition) is 6. The summed E-state index contributed by atoms with van der Waals surface area (Å²) < 4.78 is 4.66. The zero-order valence-corrected chi connectivity index (χ0v) is 18.2. The number of amides is 2. The van der Waals surface area contributed by atoms with Crippen LogP contribution in [-0.2, 0) is 14.3 Å². The van der Waals surface area contributed by atoms with Crippen LogP contribution in [0.1, 0.15) is 22.3 Å². The standard InChI is InChI=1S/C21H20ClN3O4S/c1-12-4-7-15(10-16(12)22)24-21-25(2)18(26)11-17(30-21)19(27)23-14-8-5-13(6-9-14)20(28)29-3/h4-10,17H,11H2,1-3H3,(H,23,27). The van der Waals surface area contributed by atoms with E-state index in [-0.39, 0.29) is 18.2 Å². The zero-order valence-electron chi connectivity index (χ0n) is 16.6. The Morgan fingerprint density at radius 2 is 1.93 bits per heavy atom. The molecule has 1 saturated heterocycles. The number of amidine groups is 1. The molecule has 1 N–H and O–H groups in total. The van der Waals surface area contributed by atoms with Gasteiger partial charge in [-0.15, -0.1) is 0 Å². The summed E-state index contributed by atoms with van der Waals surface area (Å²) in [6.45, 7) is 1.89. The highest BCUT2D eigenvalue weighted by Crippen LogP contribution is 2.30. The number of nitrogens with one attached hydrogen (secondary N) is 1. The summed E-state index contributed by atoms with van der Waals surface area (Å²) in [4.78, 5) is 42.6. The van der Waals surface area contributed by atoms with E-state index >= 15 is 0 Å². The minimum absolute atomic E-state index is 0.0565. The molecule has 1 atom stereocenters. The van der Waals surface area contributed by atoms with E-state index in [1.165, 1.54) is 23.8 Å². The smallest absolute Gasteiger partial charge is 0.337 e. The predicted octanol–water partition coefficient (Wildman–Crippen LogP) is 4.03. The van der Waals surface area contributed by atoms with Crippen molar-refractivity contribution in [1.82, 2.24) is 4.90 Å². The second kappa shape index (κ2) is 9.32. The third kappa shape index (κ3) is 5.01. The van der Waals surface area contributed by atoms with E-state index in [1.807, 2.05) is 13.0 Å². The average Bonchev–Trinajstić information content (AvgIpc) is 2.73. The Hall–Kier alpha value is -2.84. The lowest BCUT2D eigenvalue weighted by Gasteiger charge is -2.28. The quantitative estimate of drug-likeness (QED) is 0.718. The Balaban J connectivity index is 1.74. The molecule has 0 spiro atoms. The molecule has 1 fully saturated rings. The van der Waals surface area contributed by atoms with Gasteiger partial charge in [-0.05, 0) is 48.9 Å². The Bertz CT molecular complexity index is 1020. The van der Waals surface area contributed by atoms with Gasteiger partial charge in [-0.1, -0.05) is 29.4 Å². The van der Waals surface area contributed by atoms with Crippen LogP contribution >= 0.6 is 23.4 Å². The summed E-state index contributed by atoms with van der Waals surface area (Å²) in [5.74, 6) is -0.977. The molecule has 30 heavy (non-hydrogen) atoms. The van der Waals surface area contributed by atoms with Gasteiger partial charge in [0.05, 0.1) is 18.4 Å².